The van der Waals surface area contributed by atoms with Crippen molar-refractivity contribution in [1.29, 1.82) is 0 Å². The molecule has 2 aromatic rings. The van der Waals surface area contributed by atoms with E-state index < -0.39 is 15.9 Å². The molecular weight excluding hydrogens is 290 g/mol. The van der Waals surface area contributed by atoms with Gasteiger partial charge in [-0.1, -0.05) is 24.3 Å². The lowest BCUT2D eigenvalue weighted by Gasteiger charge is -2.11. The predicted molar refractivity (Wildman–Crippen MR) is 82.1 cm³/mol. The SMILES string of the molecule is NC(=O)c1ccccc1NS(=O)(=O)Cc1ccc(N)cc1. The predicted octanol–water partition coefficient (Wildman–Crippen LogP) is 1.31. The Kier molecular flexibility index (Phi) is 4.13. The zero-order chi connectivity index (χ0) is 15.5. The summed E-state index contributed by atoms with van der Waals surface area (Å²) in [6.45, 7) is 0. The third-order valence-electron chi connectivity index (χ3n) is 2.79. The zero-order valence-corrected chi connectivity index (χ0v) is 11.9. The molecule has 2 rings (SSSR count). The summed E-state index contributed by atoms with van der Waals surface area (Å²) in [6.07, 6.45) is 0. The van der Waals surface area contributed by atoms with E-state index in [-0.39, 0.29) is 17.0 Å². The van der Waals surface area contributed by atoms with Crippen LogP contribution in [0.25, 0.3) is 0 Å². The molecule has 0 unspecified atom stereocenters. The molecule has 0 saturated carbocycles. The fourth-order valence-corrected chi connectivity index (χ4v) is 3.04. The van der Waals surface area contributed by atoms with Crippen molar-refractivity contribution in [3.8, 4) is 0 Å². The topological polar surface area (TPSA) is 115 Å². The number of nitrogen functional groups attached to an aromatic ring is 1. The van der Waals surface area contributed by atoms with Gasteiger partial charge in [0.15, 0.2) is 0 Å². The Balaban J connectivity index is 2.22. The van der Waals surface area contributed by atoms with Crippen molar-refractivity contribution >= 4 is 27.3 Å². The Labute approximate surface area is 122 Å². The molecule has 6 nitrogen and oxygen atoms in total. The van der Waals surface area contributed by atoms with E-state index in [9.17, 15) is 13.2 Å². The van der Waals surface area contributed by atoms with Gasteiger partial charge in [0.2, 0.25) is 10.0 Å². The smallest absolute Gasteiger partial charge is 0.250 e. The Morgan fingerprint density at radius 3 is 2.29 bits per heavy atom. The lowest BCUT2D eigenvalue weighted by Crippen LogP contribution is -2.19. The summed E-state index contributed by atoms with van der Waals surface area (Å²) >= 11 is 0. The van der Waals surface area contributed by atoms with E-state index in [1.807, 2.05) is 0 Å². The van der Waals surface area contributed by atoms with Gasteiger partial charge in [-0.05, 0) is 29.8 Å². The molecule has 0 aliphatic heterocycles. The van der Waals surface area contributed by atoms with Crippen molar-refractivity contribution < 1.29 is 13.2 Å². The summed E-state index contributed by atoms with van der Waals surface area (Å²) in [5, 5.41) is 0. The Hall–Kier alpha value is -2.54. The molecule has 5 N–H and O–H groups in total. The average molecular weight is 305 g/mol. The quantitative estimate of drug-likeness (QED) is 0.722. The second-order valence-corrected chi connectivity index (χ2v) is 6.23. The van der Waals surface area contributed by atoms with Gasteiger partial charge in [0.25, 0.3) is 5.91 Å². The van der Waals surface area contributed by atoms with E-state index in [1.165, 1.54) is 12.1 Å². The second-order valence-electron chi connectivity index (χ2n) is 4.51. The number of primary amides is 1. The molecule has 0 spiro atoms. The number of hydrogen-bond donors (Lipinski definition) is 3. The number of sulfonamides is 1. The molecular formula is C14H15N3O3S. The maximum atomic E-state index is 12.1. The molecule has 0 aromatic heterocycles. The Morgan fingerprint density at radius 1 is 1.05 bits per heavy atom. The minimum absolute atomic E-state index is 0.124. The number of para-hydroxylation sites is 1. The van der Waals surface area contributed by atoms with Gasteiger partial charge in [-0.2, -0.15) is 0 Å². The van der Waals surface area contributed by atoms with Crippen LogP contribution in [0.5, 0.6) is 0 Å². The van der Waals surface area contributed by atoms with Crippen molar-refractivity contribution in [1.82, 2.24) is 0 Å². The van der Waals surface area contributed by atoms with E-state index in [1.54, 1.807) is 36.4 Å². The minimum Gasteiger partial charge on any atom is -0.399 e. The van der Waals surface area contributed by atoms with Gasteiger partial charge < -0.3 is 11.5 Å². The Morgan fingerprint density at radius 2 is 1.67 bits per heavy atom. The molecule has 0 aliphatic carbocycles. The minimum atomic E-state index is -3.66. The molecule has 0 aliphatic rings. The molecule has 0 bridgehead atoms. The first kappa shape index (κ1) is 14.9. The van der Waals surface area contributed by atoms with Gasteiger partial charge in [0.05, 0.1) is 17.0 Å². The number of anilines is 2. The average Bonchev–Trinajstić information content (AvgIpc) is 2.41. The molecule has 110 valence electrons. The summed E-state index contributed by atoms with van der Waals surface area (Å²) in [5.41, 5.74) is 12.2. The van der Waals surface area contributed by atoms with E-state index in [0.717, 1.165) is 0 Å². The van der Waals surface area contributed by atoms with Crippen LogP contribution in [-0.2, 0) is 15.8 Å². The highest BCUT2D eigenvalue weighted by molar-refractivity contribution is 7.91. The zero-order valence-electron chi connectivity index (χ0n) is 11.1. The first-order chi connectivity index (χ1) is 9.87. The lowest BCUT2D eigenvalue weighted by atomic mass is 10.2. The number of carbonyl (C=O) groups excluding carboxylic acids is 1. The van der Waals surface area contributed by atoms with Gasteiger partial charge >= 0.3 is 0 Å². The molecule has 21 heavy (non-hydrogen) atoms. The van der Waals surface area contributed by atoms with Crippen LogP contribution in [0.3, 0.4) is 0 Å². The van der Waals surface area contributed by atoms with Crippen LogP contribution in [0.4, 0.5) is 11.4 Å². The number of rotatable bonds is 5. The number of nitrogens with two attached hydrogens (primary N) is 2. The number of nitrogens with one attached hydrogen (secondary N) is 1. The van der Waals surface area contributed by atoms with Crippen LogP contribution in [-0.4, -0.2) is 14.3 Å². The molecule has 0 fully saturated rings. The van der Waals surface area contributed by atoms with E-state index in [2.05, 4.69) is 4.72 Å². The highest BCUT2D eigenvalue weighted by Gasteiger charge is 2.15. The summed E-state index contributed by atoms with van der Waals surface area (Å²) in [5.74, 6) is -0.916. The molecule has 0 radical (unpaired) electrons. The molecule has 0 atom stereocenters. The first-order valence-corrected chi connectivity index (χ1v) is 7.76. The molecule has 2 aromatic carbocycles. The van der Waals surface area contributed by atoms with Crippen molar-refractivity contribution in [2.24, 2.45) is 5.73 Å². The maximum absolute atomic E-state index is 12.1. The molecule has 7 heteroatoms. The van der Waals surface area contributed by atoms with Crippen LogP contribution < -0.4 is 16.2 Å². The number of hydrogen-bond acceptors (Lipinski definition) is 4. The van der Waals surface area contributed by atoms with Crippen LogP contribution in [0.1, 0.15) is 15.9 Å². The third kappa shape index (κ3) is 3.96. The van der Waals surface area contributed by atoms with Crippen LogP contribution in [0.2, 0.25) is 0 Å². The van der Waals surface area contributed by atoms with Gasteiger partial charge in [-0.3, -0.25) is 9.52 Å². The van der Waals surface area contributed by atoms with E-state index in [4.69, 9.17) is 11.5 Å². The largest absolute Gasteiger partial charge is 0.399 e. The van der Waals surface area contributed by atoms with Crippen molar-refractivity contribution in [2.75, 3.05) is 10.5 Å². The summed E-state index contributed by atoms with van der Waals surface area (Å²) in [7, 11) is -3.66. The van der Waals surface area contributed by atoms with Gasteiger partial charge in [-0.25, -0.2) is 8.42 Å². The van der Waals surface area contributed by atoms with Crippen molar-refractivity contribution in [2.45, 2.75) is 5.75 Å². The van der Waals surface area contributed by atoms with Crippen molar-refractivity contribution in [3.63, 3.8) is 0 Å². The molecule has 1 amide bonds. The second kappa shape index (κ2) is 5.84. The highest BCUT2D eigenvalue weighted by Crippen LogP contribution is 2.18. The van der Waals surface area contributed by atoms with Gasteiger partial charge in [0.1, 0.15) is 0 Å². The fraction of sp³-hybridized carbons (Fsp3) is 0.0714. The van der Waals surface area contributed by atoms with Crippen molar-refractivity contribution in [3.05, 3.63) is 59.7 Å². The number of amides is 1. The van der Waals surface area contributed by atoms with E-state index in [0.29, 0.717) is 11.3 Å². The summed E-state index contributed by atoms with van der Waals surface area (Å²) in [4.78, 5) is 11.3. The lowest BCUT2D eigenvalue weighted by molar-refractivity contribution is 0.100. The highest BCUT2D eigenvalue weighted by atomic mass is 32.2. The first-order valence-electron chi connectivity index (χ1n) is 6.11. The monoisotopic (exact) mass is 305 g/mol. The standard InChI is InChI=1S/C14H15N3O3S/c15-11-7-5-10(6-8-11)9-21(19,20)17-13-4-2-1-3-12(13)14(16)18/h1-8,17H,9,15H2,(H2,16,18). The third-order valence-corrected chi connectivity index (χ3v) is 4.04. The van der Waals surface area contributed by atoms with Gasteiger partial charge in [-0.15, -0.1) is 0 Å². The van der Waals surface area contributed by atoms with Crippen LogP contribution in [0.15, 0.2) is 48.5 Å². The normalized spacial score (nSPS) is 11.0. The molecule has 0 saturated heterocycles. The maximum Gasteiger partial charge on any atom is 0.250 e. The van der Waals surface area contributed by atoms with Crippen LogP contribution >= 0.6 is 0 Å². The fourth-order valence-electron chi connectivity index (χ4n) is 1.82. The summed E-state index contributed by atoms with van der Waals surface area (Å²) < 4.78 is 26.6. The van der Waals surface area contributed by atoms with Gasteiger partial charge in [0, 0.05) is 5.69 Å². The van der Waals surface area contributed by atoms with Crippen LogP contribution in [0, 0.1) is 0 Å². The molecule has 0 heterocycles. The summed E-state index contributed by atoms with van der Waals surface area (Å²) in [6, 6.07) is 12.7. The van der Waals surface area contributed by atoms with E-state index >= 15 is 0 Å². The number of carbonyl (C=O) groups is 1. The Bertz CT molecular complexity index is 755. The number of benzene rings is 2.